The molecule has 0 aliphatic heterocycles. The number of hydrogen-bond acceptors (Lipinski definition) is 3. The van der Waals surface area contributed by atoms with E-state index in [1.807, 2.05) is 18.2 Å². The molecule has 0 amide bonds. The predicted molar refractivity (Wildman–Crippen MR) is 72.1 cm³/mol. The SMILES string of the molecule is CC1=C/C(=N/Nc2ccccn2)CC(C)(C)C1. The number of aromatic nitrogens is 1. The Kier molecular flexibility index (Phi) is 3.27. The Balaban J connectivity index is 2.10. The van der Waals surface area contributed by atoms with E-state index < -0.39 is 0 Å². The molecule has 2 rings (SSSR count). The van der Waals surface area contributed by atoms with E-state index in [1.165, 1.54) is 5.57 Å². The molecule has 1 heterocycles. The molecule has 90 valence electrons. The van der Waals surface area contributed by atoms with Crippen LogP contribution >= 0.6 is 0 Å². The third-order valence-corrected chi connectivity index (χ3v) is 2.81. The highest BCUT2D eigenvalue weighted by Crippen LogP contribution is 2.33. The van der Waals surface area contributed by atoms with Crippen molar-refractivity contribution in [1.29, 1.82) is 0 Å². The average Bonchev–Trinajstić information content (AvgIpc) is 2.25. The van der Waals surface area contributed by atoms with Crippen LogP contribution in [0.3, 0.4) is 0 Å². The molecule has 1 aliphatic carbocycles. The second-order valence-corrected chi connectivity index (χ2v) is 5.44. The van der Waals surface area contributed by atoms with Gasteiger partial charge in [-0.25, -0.2) is 4.98 Å². The zero-order chi connectivity index (χ0) is 12.3. The molecular formula is C14H19N3. The molecule has 0 atom stereocenters. The van der Waals surface area contributed by atoms with Crippen LogP contribution in [0.15, 0.2) is 41.1 Å². The molecule has 0 spiro atoms. The molecule has 0 bridgehead atoms. The molecular weight excluding hydrogens is 210 g/mol. The van der Waals surface area contributed by atoms with Gasteiger partial charge in [-0.3, -0.25) is 5.43 Å². The zero-order valence-corrected chi connectivity index (χ0v) is 10.7. The normalized spacial score (nSPS) is 21.1. The van der Waals surface area contributed by atoms with E-state index in [0.717, 1.165) is 24.4 Å². The summed E-state index contributed by atoms with van der Waals surface area (Å²) in [4.78, 5) is 4.18. The van der Waals surface area contributed by atoms with E-state index in [2.05, 4.69) is 42.4 Å². The van der Waals surface area contributed by atoms with Crippen molar-refractivity contribution >= 4 is 11.5 Å². The third-order valence-electron chi connectivity index (χ3n) is 2.81. The number of pyridine rings is 1. The summed E-state index contributed by atoms with van der Waals surface area (Å²) in [6, 6.07) is 5.75. The highest BCUT2D eigenvalue weighted by molar-refractivity contribution is 5.97. The van der Waals surface area contributed by atoms with Crippen molar-refractivity contribution in [3.63, 3.8) is 0 Å². The van der Waals surface area contributed by atoms with Gasteiger partial charge in [0.1, 0.15) is 5.82 Å². The Morgan fingerprint density at radius 3 is 2.76 bits per heavy atom. The maximum atomic E-state index is 4.43. The summed E-state index contributed by atoms with van der Waals surface area (Å²) in [7, 11) is 0. The van der Waals surface area contributed by atoms with E-state index >= 15 is 0 Å². The monoisotopic (exact) mass is 229 g/mol. The first-order chi connectivity index (χ1) is 8.05. The Labute approximate surface area is 103 Å². The van der Waals surface area contributed by atoms with E-state index in [-0.39, 0.29) is 0 Å². The van der Waals surface area contributed by atoms with Crippen molar-refractivity contribution in [1.82, 2.24) is 4.98 Å². The molecule has 1 aromatic heterocycles. The lowest BCUT2D eigenvalue weighted by molar-refractivity contribution is 0.373. The van der Waals surface area contributed by atoms with Gasteiger partial charge < -0.3 is 0 Å². The fourth-order valence-corrected chi connectivity index (χ4v) is 2.32. The maximum Gasteiger partial charge on any atom is 0.146 e. The molecule has 0 saturated carbocycles. The van der Waals surface area contributed by atoms with Crippen molar-refractivity contribution in [2.45, 2.75) is 33.6 Å². The Morgan fingerprint density at radius 2 is 2.12 bits per heavy atom. The van der Waals surface area contributed by atoms with Crippen LogP contribution in [0.1, 0.15) is 33.6 Å². The minimum Gasteiger partial charge on any atom is -0.261 e. The fourth-order valence-electron chi connectivity index (χ4n) is 2.32. The molecule has 0 saturated heterocycles. The van der Waals surface area contributed by atoms with Gasteiger partial charge in [-0.1, -0.05) is 25.5 Å². The van der Waals surface area contributed by atoms with Crippen molar-refractivity contribution in [2.24, 2.45) is 10.5 Å². The van der Waals surface area contributed by atoms with Crippen LogP contribution in [-0.2, 0) is 0 Å². The molecule has 0 radical (unpaired) electrons. The number of allylic oxidation sites excluding steroid dienone is 2. The lowest BCUT2D eigenvalue weighted by Crippen LogP contribution is -2.21. The van der Waals surface area contributed by atoms with Crippen molar-refractivity contribution in [3.8, 4) is 0 Å². The van der Waals surface area contributed by atoms with Gasteiger partial charge >= 0.3 is 0 Å². The topological polar surface area (TPSA) is 37.3 Å². The van der Waals surface area contributed by atoms with Gasteiger partial charge in [0.05, 0.1) is 5.71 Å². The smallest absolute Gasteiger partial charge is 0.146 e. The van der Waals surface area contributed by atoms with Gasteiger partial charge in [0, 0.05) is 6.20 Å². The van der Waals surface area contributed by atoms with Crippen molar-refractivity contribution in [2.75, 3.05) is 5.43 Å². The summed E-state index contributed by atoms with van der Waals surface area (Å²) >= 11 is 0. The van der Waals surface area contributed by atoms with Gasteiger partial charge in [-0.2, -0.15) is 5.10 Å². The minimum atomic E-state index is 0.309. The molecule has 0 unspecified atom stereocenters. The lowest BCUT2D eigenvalue weighted by Gasteiger charge is -2.29. The molecule has 1 N–H and O–H groups in total. The summed E-state index contributed by atoms with van der Waals surface area (Å²) in [5, 5.41) is 4.43. The molecule has 3 heteroatoms. The van der Waals surface area contributed by atoms with Crippen LogP contribution in [0.4, 0.5) is 5.82 Å². The minimum absolute atomic E-state index is 0.309. The molecule has 0 fully saturated rings. The first kappa shape index (κ1) is 11.8. The summed E-state index contributed by atoms with van der Waals surface area (Å²) in [5.41, 5.74) is 5.81. The number of hydrogen-bond donors (Lipinski definition) is 1. The molecule has 1 aliphatic rings. The molecule has 17 heavy (non-hydrogen) atoms. The van der Waals surface area contributed by atoms with Crippen LogP contribution in [0.2, 0.25) is 0 Å². The van der Waals surface area contributed by atoms with Crippen LogP contribution in [-0.4, -0.2) is 10.7 Å². The van der Waals surface area contributed by atoms with Gasteiger partial charge in [0.15, 0.2) is 0 Å². The first-order valence-electron chi connectivity index (χ1n) is 5.96. The van der Waals surface area contributed by atoms with E-state index in [0.29, 0.717) is 5.41 Å². The summed E-state index contributed by atoms with van der Waals surface area (Å²) in [5.74, 6) is 0.787. The highest BCUT2D eigenvalue weighted by Gasteiger charge is 2.24. The second-order valence-electron chi connectivity index (χ2n) is 5.44. The summed E-state index contributed by atoms with van der Waals surface area (Å²) < 4.78 is 0. The van der Waals surface area contributed by atoms with Crippen LogP contribution in [0.5, 0.6) is 0 Å². The van der Waals surface area contributed by atoms with Gasteiger partial charge in [-0.15, -0.1) is 0 Å². The average molecular weight is 229 g/mol. The molecule has 0 aromatic carbocycles. The van der Waals surface area contributed by atoms with Gasteiger partial charge in [0.2, 0.25) is 0 Å². The van der Waals surface area contributed by atoms with E-state index in [9.17, 15) is 0 Å². The lowest BCUT2D eigenvalue weighted by atomic mass is 9.77. The summed E-state index contributed by atoms with van der Waals surface area (Å²) in [6.07, 6.45) is 6.08. The van der Waals surface area contributed by atoms with Crippen molar-refractivity contribution in [3.05, 3.63) is 36.0 Å². The number of nitrogens with zero attached hydrogens (tertiary/aromatic N) is 2. The van der Waals surface area contributed by atoms with Crippen LogP contribution in [0, 0.1) is 5.41 Å². The van der Waals surface area contributed by atoms with E-state index in [1.54, 1.807) is 6.20 Å². The predicted octanol–water partition coefficient (Wildman–Crippen LogP) is 3.62. The Hall–Kier alpha value is -1.64. The highest BCUT2D eigenvalue weighted by atomic mass is 15.3. The molecule has 3 nitrogen and oxygen atoms in total. The van der Waals surface area contributed by atoms with Crippen LogP contribution in [0.25, 0.3) is 0 Å². The number of rotatable bonds is 2. The van der Waals surface area contributed by atoms with Crippen LogP contribution < -0.4 is 5.43 Å². The Bertz CT molecular complexity index is 444. The van der Waals surface area contributed by atoms with Crippen molar-refractivity contribution < 1.29 is 0 Å². The van der Waals surface area contributed by atoms with Gasteiger partial charge in [-0.05, 0) is 43.4 Å². The van der Waals surface area contributed by atoms with E-state index in [4.69, 9.17) is 0 Å². The maximum absolute atomic E-state index is 4.43. The summed E-state index contributed by atoms with van der Waals surface area (Å²) in [6.45, 7) is 6.72. The third kappa shape index (κ3) is 3.41. The largest absolute Gasteiger partial charge is 0.261 e. The number of nitrogens with one attached hydrogen (secondary N) is 1. The number of hydrazone groups is 1. The molecule has 1 aromatic rings. The second kappa shape index (κ2) is 4.70. The fraction of sp³-hybridized carbons (Fsp3) is 0.429. The first-order valence-corrected chi connectivity index (χ1v) is 5.96. The quantitative estimate of drug-likeness (QED) is 0.786. The number of anilines is 1. The zero-order valence-electron chi connectivity index (χ0n) is 10.7. The Morgan fingerprint density at radius 1 is 1.29 bits per heavy atom. The van der Waals surface area contributed by atoms with Gasteiger partial charge in [0.25, 0.3) is 0 Å². The standard InChI is InChI=1S/C14H19N3/c1-11-8-12(10-14(2,3)9-11)16-17-13-6-4-5-7-15-13/h4-8H,9-10H2,1-3H3,(H,15,17)/b16-12-.